The van der Waals surface area contributed by atoms with Crippen molar-refractivity contribution in [1.82, 2.24) is 14.9 Å². The summed E-state index contributed by atoms with van der Waals surface area (Å²) >= 11 is 0. The fourth-order valence-electron chi connectivity index (χ4n) is 2.36. The van der Waals surface area contributed by atoms with E-state index in [9.17, 15) is 9.59 Å². The Morgan fingerprint density at radius 3 is 2.95 bits per heavy atom. The fraction of sp³-hybridized carbons (Fsp3) is 0.500. The van der Waals surface area contributed by atoms with Crippen LogP contribution in [0.15, 0.2) is 6.33 Å². The van der Waals surface area contributed by atoms with Gasteiger partial charge in [0.2, 0.25) is 11.8 Å². The molecule has 8 heteroatoms. The predicted molar refractivity (Wildman–Crippen MR) is 73.5 cm³/mol. The molecule has 0 aromatic carbocycles. The summed E-state index contributed by atoms with van der Waals surface area (Å²) in [5.41, 5.74) is 0.498. The first-order chi connectivity index (χ1) is 9.74. The number of likely N-dealkylation sites (tertiary alicyclic amines) is 1. The van der Waals surface area contributed by atoms with Crippen molar-refractivity contribution in [2.45, 2.75) is 12.8 Å². The van der Waals surface area contributed by atoms with Crippen LogP contribution in [0.4, 0.5) is 17.3 Å². The molecule has 0 atom stereocenters. The molecule has 2 amide bonds. The van der Waals surface area contributed by atoms with Crippen molar-refractivity contribution in [3.63, 3.8) is 0 Å². The van der Waals surface area contributed by atoms with Crippen LogP contribution in [0, 0.1) is 0 Å². The van der Waals surface area contributed by atoms with Gasteiger partial charge < -0.3 is 20.9 Å². The summed E-state index contributed by atoms with van der Waals surface area (Å²) in [5, 5.41) is 8.58. The molecule has 8 nitrogen and oxygen atoms in total. The highest BCUT2D eigenvalue weighted by molar-refractivity contribution is 6.02. The number of amides is 2. The fourth-order valence-corrected chi connectivity index (χ4v) is 2.36. The Labute approximate surface area is 116 Å². The lowest BCUT2D eigenvalue weighted by molar-refractivity contribution is -0.128. The molecule has 0 aliphatic carbocycles. The quantitative estimate of drug-likeness (QED) is 0.711. The van der Waals surface area contributed by atoms with E-state index in [0.29, 0.717) is 17.3 Å². The van der Waals surface area contributed by atoms with Gasteiger partial charge in [0.25, 0.3) is 0 Å². The molecule has 0 bridgehead atoms. The highest BCUT2D eigenvalue weighted by Crippen LogP contribution is 2.28. The summed E-state index contributed by atoms with van der Waals surface area (Å²) in [6.07, 6.45) is 3.52. The van der Waals surface area contributed by atoms with Crippen LogP contribution in [0.25, 0.3) is 0 Å². The molecule has 3 rings (SSSR count). The van der Waals surface area contributed by atoms with E-state index >= 15 is 0 Å². The lowest BCUT2D eigenvalue weighted by Crippen LogP contribution is -2.34. The molecule has 106 valence electrons. The van der Waals surface area contributed by atoms with E-state index in [1.165, 1.54) is 6.33 Å². The van der Waals surface area contributed by atoms with E-state index in [-0.39, 0.29) is 24.9 Å². The molecule has 1 saturated heterocycles. The van der Waals surface area contributed by atoms with E-state index in [0.717, 1.165) is 25.9 Å². The maximum absolute atomic E-state index is 12.0. The summed E-state index contributed by atoms with van der Waals surface area (Å²) in [5.74, 6) is 0.921. The van der Waals surface area contributed by atoms with Crippen LogP contribution in [-0.4, -0.2) is 52.9 Å². The maximum atomic E-state index is 12.0. The van der Waals surface area contributed by atoms with Crippen LogP contribution in [0.5, 0.6) is 0 Å². The molecule has 2 aliphatic rings. The van der Waals surface area contributed by atoms with Crippen LogP contribution in [0.3, 0.4) is 0 Å². The normalized spacial score (nSPS) is 17.2. The Bertz CT molecular complexity index is 541. The third-order valence-electron chi connectivity index (χ3n) is 3.39. The average molecular weight is 276 g/mol. The van der Waals surface area contributed by atoms with E-state index in [4.69, 9.17) is 0 Å². The zero-order chi connectivity index (χ0) is 13.9. The first kappa shape index (κ1) is 12.6. The highest BCUT2D eigenvalue weighted by atomic mass is 16.2. The molecule has 3 heterocycles. The second kappa shape index (κ2) is 5.32. The zero-order valence-corrected chi connectivity index (χ0v) is 11.0. The molecule has 0 unspecified atom stereocenters. The number of aromatic nitrogens is 2. The van der Waals surface area contributed by atoms with E-state index < -0.39 is 0 Å². The Hall–Kier alpha value is -2.38. The van der Waals surface area contributed by atoms with E-state index in [1.54, 1.807) is 0 Å². The number of nitrogens with one attached hydrogen (secondary N) is 3. The molecule has 3 N–H and O–H groups in total. The van der Waals surface area contributed by atoms with Gasteiger partial charge in [-0.1, -0.05) is 0 Å². The number of carbonyl (C=O) groups is 2. The minimum absolute atomic E-state index is 0.0463. The SMILES string of the molecule is O=C1CNc2ncnc(NCC(=O)N3CCCC3)c2N1. The topological polar surface area (TPSA) is 99.2 Å². The minimum Gasteiger partial charge on any atom is -0.359 e. The van der Waals surface area contributed by atoms with Gasteiger partial charge in [0.15, 0.2) is 11.6 Å². The molecule has 1 aromatic rings. The Kier molecular flexibility index (Phi) is 3.36. The lowest BCUT2D eigenvalue weighted by Gasteiger charge is -2.21. The van der Waals surface area contributed by atoms with Crippen molar-refractivity contribution in [3.05, 3.63) is 6.33 Å². The highest BCUT2D eigenvalue weighted by Gasteiger charge is 2.21. The van der Waals surface area contributed by atoms with Crippen LogP contribution < -0.4 is 16.0 Å². The van der Waals surface area contributed by atoms with E-state index in [2.05, 4.69) is 25.9 Å². The number of fused-ring (bicyclic) bond motifs is 1. The molecule has 1 fully saturated rings. The number of anilines is 3. The van der Waals surface area contributed by atoms with Crippen molar-refractivity contribution in [1.29, 1.82) is 0 Å². The molecular weight excluding hydrogens is 260 g/mol. The largest absolute Gasteiger partial charge is 0.359 e. The standard InChI is InChI=1S/C12H16N6O2/c19-8-5-13-11-10(17-8)12(16-7-15-11)14-6-9(20)18-3-1-2-4-18/h7H,1-6H2,(H,17,19)(H2,13,14,15,16). The van der Waals surface area contributed by atoms with Crippen molar-refractivity contribution in [3.8, 4) is 0 Å². The molecule has 0 radical (unpaired) electrons. The van der Waals surface area contributed by atoms with Crippen LogP contribution in [0.1, 0.15) is 12.8 Å². The van der Waals surface area contributed by atoms with Gasteiger partial charge in [-0.25, -0.2) is 9.97 Å². The zero-order valence-electron chi connectivity index (χ0n) is 11.0. The van der Waals surface area contributed by atoms with E-state index in [1.807, 2.05) is 4.90 Å². The number of hydrogen-bond acceptors (Lipinski definition) is 6. The van der Waals surface area contributed by atoms with Crippen molar-refractivity contribution in [2.24, 2.45) is 0 Å². The monoisotopic (exact) mass is 276 g/mol. The van der Waals surface area contributed by atoms with Crippen LogP contribution >= 0.6 is 0 Å². The molecule has 0 spiro atoms. The Morgan fingerprint density at radius 2 is 2.15 bits per heavy atom. The molecule has 20 heavy (non-hydrogen) atoms. The van der Waals surface area contributed by atoms with Crippen LogP contribution in [0.2, 0.25) is 0 Å². The van der Waals surface area contributed by atoms with Gasteiger partial charge in [-0.05, 0) is 12.8 Å². The summed E-state index contributed by atoms with van der Waals surface area (Å²) in [7, 11) is 0. The van der Waals surface area contributed by atoms with Crippen LogP contribution in [-0.2, 0) is 9.59 Å². The Morgan fingerprint density at radius 1 is 1.35 bits per heavy atom. The smallest absolute Gasteiger partial charge is 0.243 e. The average Bonchev–Trinajstić information content (AvgIpc) is 2.99. The molecular formula is C12H16N6O2. The van der Waals surface area contributed by atoms with Gasteiger partial charge in [-0.3, -0.25) is 9.59 Å². The third kappa shape index (κ3) is 2.49. The summed E-state index contributed by atoms with van der Waals surface area (Å²) < 4.78 is 0. The second-order valence-corrected chi connectivity index (χ2v) is 4.79. The molecule has 1 aromatic heterocycles. The molecule has 0 saturated carbocycles. The van der Waals surface area contributed by atoms with Gasteiger partial charge in [0, 0.05) is 13.1 Å². The summed E-state index contributed by atoms with van der Waals surface area (Å²) in [6, 6.07) is 0. The van der Waals surface area contributed by atoms with Gasteiger partial charge in [-0.2, -0.15) is 0 Å². The van der Waals surface area contributed by atoms with Gasteiger partial charge in [0.05, 0.1) is 13.1 Å². The van der Waals surface area contributed by atoms with Crippen molar-refractivity contribution >= 4 is 29.1 Å². The molecule has 2 aliphatic heterocycles. The number of hydrogen-bond donors (Lipinski definition) is 3. The van der Waals surface area contributed by atoms with Gasteiger partial charge in [0.1, 0.15) is 12.0 Å². The van der Waals surface area contributed by atoms with Gasteiger partial charge >= 0.3 is 0 Å². The summed E-state index contributed by atoms with van der Waals surface area (Å²) in [6.45, 7) is 2.00. The third-order valence-corrected chi connectivity index (χ3v) is 3.39. The number of nitrogens with zero attached hydrogens (tertiary/aromatic N) is 3. The number of rotatable bonds is 3. The van der Waals surface area contributed by atoms with Crippen molar-refractivity contribution in [2.75, 3.05) is 42.1 Å². The van der Waals surface area contributed by atoms with Crippen molar-refractivity contribution < 1.29 is 9.59 Å². The first-order valence-electron chi connectivity index (χ1n) is 6.64. The predicted octanol–water partition coefficient (Wildman–Crippen LogP) is -0.125. The first-order valence-corrected chi connectivity index (χ1v) is 6.64. The maximum Gasteiger partial charge on any atom is 0.243 e. The van der Waals surface area contributed by atoms with Gasteiger partial charge in [-0.15, -0.1) is 0 Å². The second-order valence-electron chi connectivity index (χ2n) is 4.79. The lowest BCUT2D eigenvalue weighted by atomic mass is 10.3. The Balaban J connectivity index is 1.68. The summed E-state index contributed by atoms with van der Waals surface area (Å²) in [4.78, 5) is 33.3. The number of carbonyl (C=O) groups excluding carboxylic acids is 2. The minimum atomic E-state index is -0.152.